The predicted octanol–water partition coefficient (Wildman–Crippen LogP) is 8.52. The number of halogens is 1. The highest BCUT2D eigenvalue weighted by Gasteiger charge is 2.24. The topological polar surface area (TPSA) is 174 Å². The molecular formula is C50H61BrN2O10. The molecule has 0 fully saturated rings. The molecule has 13 heteroatoms. The molecule has 4 aromatic carbocycles. The van der Waals surface area contributed by atoms with Crippen molar-refractivity contribution < 1.29 is 48.1 Å². The standard InChI is InChI=1S/C26H32BrNO5.C24H29NO5/c1-3-32-26(31)19(2)17-23(28-24(29)13-14-25(30)33-16-15-27)18-20-9-11-22(12-10-20)21-7-5-4-6-8-21;1-3-30-24(29)17(2)15-21(25-22(26)13-14-23(27)28)16-18-9-11-20(12-10-18)19-7-5-4-6-8-19/h4-12,19,23H,3,13-18H2,1-2H3,(H,28,29);4-12,17,21H,3,13-16H2,1-2H3,(H,25,26)(H,27,28)/t19-,23?;17-,21?/m11/s1. The van der Waals surface area contributed by atoms with Gasteiger partial charge in [0, 0.05) is 30.3 Å². The van der Waals surface area contributed by atoms with Gasteiger partial charge in [0.2, 0.25) is 11.8 Å². The SMILES string of the molecule is CCOC(=O)[C@H](C)CC(Cc1ccc(-c2ccccc2)cc1)NC(=O)CCC(=O)O.CCOC(=O)[C@H](C)CC(Cc1ccc(-c2ccccc2)cc1)NC(=O)CCC(=O)OCCBr. The van der Waals surface area contributed by atoms with E-state index in [0.717, 1.165) is 33.4 Å². The third-order valence-electron chi connectivity index (χ3n) is 9.93. The molecule has 0 spiro atoms. The van der Waals surface area contributed by atoms with Crippen molar-refractivity contribution in [2.75, 3.05) is 25.2 Å². The number of rotatable bonds is 24. The van der Waals surface area contributed by atoms with E-state index in [1.54, 1.807) is 27.7 Å². The number of esters is 3. The number of nitrogens with one attached hydrogen (secondary N) is 2. The summed E-state index contributed by atoms with van der Waals surface area (Å²) in [7, 11) is 0. The Kier molecular flexibility index (Phi) is 23.5. The van der Waals surface area contributed by atoms with Gasteiger partial charge in [0.15, 0.2) is 0 Å². The number of ether oxygens (including phenoxy) is 3. The number of carbonyl (C=O) groups is 6. The van der Waals surface area contributed by atoms with Crippen molar-refractivity contribution >= 4 is 51.6 Å². The van der Waals surface area contributed by atoms with Gasteiger partial charge in [0.25, 0.3) is 0 Å². The summed E-state index contributed by atoms with van der Waals surface area (Å²) in [5.41, 5.74) is 6.54. The minimum Gasteiger partial charge on any atom is -0.481 e. The maximum Gasteiger partial charge on any atom is 0.308 e. The van der Waals surface area contributed by atoms with E-state index in [1.165, 1.54) is 0 Å². The van der Waals surface area contributed by atoms with Crippen molar-refractivity contribution in [3.8, 4) is 22.3 Å². The molecule has 63 heavy (non-hydrogen) atoms. The molecule has 0 aliphatic heterocycles. The smallest absolute Gasteiger partial charge is 0.308 e. The van der Waals surface area contributed by atoms with E-state index in [0.29, 0.717) is 44.2 Å². The van der Waals surface area contributed by atoms with E-state index in [2.05, 4.69) is 50.8 Å². The average molecular weight is 930 g/mol. The lowest BCUT2D eigenvalue weighted by atomic mass is 9.94. The number of benzene rings is 4. The highest BCUT2D eigenvalue weighted by atomic mass is 79.9. The maximum atomic E-state index is 12.5. The summed E-state index contributed by atoms with van der Waals surface area (Å²) < 4.78 is 15.2. The fourth-order valence-electron chi connectivity index (χ4n) is 6.76. The van der Waals surface area contributed by atoms with Crippen LogP contribution in [0.3, 0.4) is 0 Å². The van der Waals surface area contributed by atoms with Gasteiger partial charge in [0.05, 0.1) is 37.9 Å². The number of hydrogen-bond donors (Lipinski definition) is 3. The number of hydrogen-bond acceptors (Lipinski definition) is 9. The average Bonchev–Trinajstić information content (AvgIpc) is 3.28. The third kappa shape index (κ3) is 20.3. The number of aliphatic carboxylic acids is 1. The lowest BCUT2D eigenvalue weighted by molar-refractivity contribution is -0.148. The van der Waals surface area contributed by atoms with E-state index in [4.69, 9.17) is 19.3 Å². The Hall–Kier alpha value is -5.82. The highest BCUT2D eigenvalue weighted by Crippen LogP contribution is 2.23. The van der Waals surface area contributed by atoms with E-state index >= 15 is 0 Å². The van der Waals surface area contributed by atoms with Crippen molar-refractivity contribution in [2.45, 2.75) is 91.1 Å². The van der Waals surface area contributed by atoms with Crippen LogP contribution in [0, 0.1) is 11.8 Å². The van der Waals surface area contributed by atoms with Crippen LogP contribution in [-0.2, 0) is 55.8 Å². The zero-order chi connectivity index (χ0) is 46.0. The van der Waals surface area contributed by atoms with Gasteiger partial charge in [-0.1, -0.05) is 139 Å². The molecule has 3 N–H and O–H groups in total. The van der Waals surface area contributed by atoms with Gasteiger partial charge in [-0.15, -0.1) is 0 Å². The Morgan fingerprint density at radius 1 is 0.540 bits per heavy atom. The van der Waals surface area contributed by atoms with Crippen molar-refractivity contribution in [1.82, 2.24) is 10.6 Å². The molecule has 0 saturated heterocycles. The van der Waals surface area contributed by atoms with Gasteiger partial charge in [-0.2, -0.15) is 0 Å². The first-order valence-electron chi connectivity index (χ1n) is 21.5. The second-order valence-corrected chi connectivity index (χ2v) is 15.9. The summed E-state index contributed by atoms with van der Waals surface area (Å²) in [6.07, 6.45) is 1.71. The van der Waals surface area contributed by atoms with Crippen LogP contribution in [-0.4, -0.2) is 78.0 Å². The fourth-order valence-corrected chi connectivity index (χ4v) is 6.92. The molecule has 4 rings (SSSR count). The van der Waals surface area contributed by atoms with Crippen LogP contribution in [0.5, 0.6) is 0 Å². The van der Waals surface area contributed by atoms with Crippen LogP contribution in [0.25, 0.3) is 22.3 Å². The Morgan fingerprint density at radius 2 is 0.921 bits per heavy atom. The van der Waals surface area contributed by atoms with E-state index in [9.17, 15) is 28.8 Å². The zero-order valence-corrected chi connectivity index (χ0v) is 38.3. The van der Waals surface area contributed by atoms with Crippen molar-refractivity contribution in [1.29, 1.82) is 0 Å². The molecule has 4 aromatic rings. The molecule has 0 bridgehead atoms. The molecule has 0 aliphatic carbocycles. The van der Waals surface area contributed by atoms with Crippen LogP contribution in [0.15, 0.2) is 109 Å². The summed E-state index contributed by atoms with van der Waals surface area (Å²) in [4.78, 5) is 71.2. The first-order valence-corrected chi connectivity index (χ1v) is 22.6. The summed E-state index contributed by atoms with van der Waals surface area (Å²) in [6.45, 7) is 7.99. The van der Waals surface area contributed by atoms with Gasteiger partial charge >= 0.3 is 23.9 Å². The first-order chi connectivity index (χ1) is 30.3. The van der Waals surface area contributed by atoms with E-state index in [1.807, 2.05) is 84.9 Å². The quantitative estimate of drug-likeness (QED) is 0.0351. The molecule has 4 atom stereocenters. The third-order valence-corrected chi connectivity index (χ3v) is 10.3. The Morgan fingerprint density at radius 3 is 1.29 bits per heavy atom. The van der Waals surface area contributed by atoms with Gasteiger partial charge < -0.3 is 30.0 Å². The molecule has 338 valence electrons. The monoisotopic (exact) mass is 928 g/mol. The van der Waals surface area contributed by atoms with Crippen LogP contribution in [0.4, 0.5) is 0 Å². The number of carboxylic acids is 1. The summed E-state index contributed by atoms with van der Waals surface area (Å²) in [5, 5.41) is 15.2. The minimum atomic E-state index is -1.02. The van der Waals surface area contributed by atoms with Crippen LogP contribution < -0.4 is 10.6 Å². The molecule has 2 amide bonds. The molecule has 2 unspecified atom stereocenters. The highest BCUT2D eigenvalue weighted by molar-refractivity contribution is 9.09. The van der Waals surface area contributed by atoms with Crippen molar-refractivity contribution in [2.24, 2.45) is 11.8 Å². The lowest BCUT2D eigenvalue weighted by Gasteiger charge is -2.22. The van der Waals surface area contributed by atoms with Crippen molar-refractivity contribution in [3.05, 3.63) is 120 Å². The van der Waals surface area contributed by atoms with Crippen LogP contribution >= 0.6 is 15.9 Å². The largest absolute Gasteiger partial charge is 0.481 e. The van der Waals surface area contributed by atoms with Gasteiger partial charge in [-0.25, -0.2) is 0 Å². The Bertz CT molecular complexity index is 2010. The van der Waals surface area contributed by atoms with Crippen molar-refractivity contribution in [3.63, 3.8) is 0 Å². The fraction of sp³-hybridized carbons (Fsp3) is 0.400. The number of alkyl halides is 1. The second-order valence-electron chi connectivity index (χ2n) is 15.1. The number of carbonyl (C=O) groups excluding carboxylic acids is 5. The molecule has 0 aliphatic rings. The maximum absolute atomic E-state index is 12.5. The van der Waals surface area contributed by atoms with Gasteiger partial charge in [-0.3, -0.25) is 28.8 Å². The summed E-state index contributed by atoms with van der Waals surface area (Å²) >= 11 is 3.19. The zero-order valence-electron chi connectivity index (χ0n) is 36.7. The number of amides is 2. The second kappa shape index (κ2) is 28.7. The predicted molar refractivity (Wildman–Crippen MR) is 247 cm³/mol. The van der Waals surface area contributed by atoms with Gasteiger partial charge in [-0.05, 0) is 72.9 Å². The van der Waals surface area contributed by atoms with Crippen LogP contribution in [0.1, 0.15) is 77.3 Å². The molecule has 0 saturated carbocycles. The summed E-state index contributed by atoms with van der Waals surface area (Å²) in [6, 6.07) is 35.8. The lowest BCUT2D eigenvalue weighted by Crippen LogP contribution is -2.39. The normalized spacial score (nSPS) is 12.5. The first kappa shape index (κ1) is 51.5. The molecule has 0 heterocycles. The minimum absolute atomic E-state index is 0.0186. The van der Waals surface area contributed by atoms with Crippen LogP contribution in [0.2, 0.25) is 0 Å². The van der Waals surface area contributed by atoms with E-state index < -0.39 is 11.9 Å². The molecule has 0 aromatic heterocycles. The molecular weight excluding hydrogens is 868 g/mol. The molecule has 0 radical (unpaired) electrons. The Balaban J connectivity index is 0.000000337. The van der Waals surface area contributed by atoms with Gasteiger partial charge in [0.1, 0.15) is 6.61 Å². The number of carboxylic acid groups (broad SMARTS) is 1. The van der Waals surface area contributed by atoms with E-state index in [-0.39, 0.29) is 80.0 Å². The molecule has 12 nitrogen and oxygen atoms in total. The Labute approximate surface area is 379 Å². The summed E-state index contributed by atoms with van der Waals surface area (Å²) in [5.74, 6) is -3.32.